The van der Waals surface area contributed by atoms with Gasteiger partial charge in [-0.25, -0.2) is 4.98 Å². The van der Waals surface area contributed by atoms with Crippen LogP contribution in [0.3, 0.4) is 0 Å². The van der Waals surface area contributed by atoms with Crippen LogP contribution in [-0.4, -0.2) is 41.8 Å². The second-order valence-corrected chi connectivity index (χ2v) is 7.51. The summed E-state index contributed by atoms with van der Waals surface area (Å²) in [5, 5.41) is 2.93. The van der Waals surface area contributed by atoms with Gasteiger partial charge in [-0.15, -0.1) is 0 Å². The minimum absolute atomic E-state index is 0.183. The number of rotatable bonds is 4. The van der Waals surface area contributed by atoms with Crippen molar-refractivity contribution in [1.29, 1.82) is 0 Å². The normalized spacial score (nSPS) is 15.3. The van der Waals surface area contributed by atoms with Gasteiger partial charge in [-0.2, -0.15) is 0 Å². The minimum atomic E-state index is -0.183. The SMILES string of the molecule is COc1cc[nH]c1/C=C1/C(=O)Nc2ccc3[nH]c(N(C)c4ccc5c(c4)OCO5)nc3c21. The van der Waals surface area contributed by atoms with Crippen LogP contribution < -0.4 is 24.4 Å². The molecule has 0 bridgehead atoms. The predicted octanol–water partition coefficient (Wildman–Crippen LogP) is 3.89. The molecular weight excluding hydrogens is 410 g/mol. The van der Waals surface area contributed by atoms with Gasteiger partial charge >= 0.3 is 0 Å². The number of ether oxygens (including phenoxy) is 3. The topological polar surface area (TPSA) is 104 Å². The van der Waals surface area contributed by atoms with Crippen molar-refractivity contribution in [3.8, 4) is 17.2 Å². The molecule has 2 aromatic carbocycles. The highest BCUT2D eigenvalue weighted by atomic mass is 16.7. The smallest absolute Gasteiger partial charge is 0.256 e. The lowest BCUT2D eigenvalue weighted by molar-refractivity contribution is -0.110. The number of carbonyl (C=O) groups excluding carboxylic acids is 1. The molecule has 2 aromatic heterocycles. The highest BCUT2D eigenvalue weighted by Crippen LogP contribution is 2.41. The summed E-state index contributed by atoms with van der Waals surface area (Å²) in [4.78, 5) is 26.0. The Labute approximate surface area is 182 Å². The number of carbonyl (C=O) groups is 1. The number of imidazole rings is 1. The van der Waals surface area contributed by atoms with Crippen LogP contribution in [0.4, 0.5) is 17.3 Å². The van der Waals surface area contributed by atoms with E-state index >= 15 is 0 Å². The molecule has 2 aliphatic rings. The van der Waals surface area contributed by atoms with Crippen LogP contribution in [-0.2, 0) is 4.79 Å². The van der Waals surface area contributed by atoms with Gasteiger partial charge in [-0.05, 0) is 36.4 Å². The van der Waals surface area contributed by atoms with Crippen LogP contribution in [0, 0.1) is 0 Å². The molecule has 160 valence electrons. The van der Waals surface area contributed by atoms with Crippen molar-refractivity contribution in [2.24, 2.45) is 0 Å². The van der Waals surface area contributed by atoms with E-state index in [9.17, 15) is 4.79 Å². The van der Waals surface area contributed by atoms with Gasteiger partial charge in [0, 0.05) is 30.6 Å². The monoisotopic (exact) mass is 429 g/mol. The molecule has 0 saturated carbocycles. The molecular formula is C23H19N5O4. The maximum absolute atomic E-state index is 12.8. The molecule has 9 nitrogen and oxygen atoms in total. The first-order chi connectivity index (χ1) is 15.6. The summed E-state index contributed by atoms with van der Waals surface area (Å²) in [5.41, 5.74) is 5.15. The predicted molar refractivity (Wildman–Crippen MR) is 121 cm³/mol. The molecule has 0 aliphatic carbocycles. The van der Waals surface area contributed by atoms with Crippen molar-refractivity contribution in [2.75, 3.05) is 31.2 Å². The van der Waals surface area contributed by atoms with Crippen LogP contribution in [0.2, 0.25) is 0 Å². The van der Waals surface area contributed by atoms with E-state index in [0.717, 1.165) is 33.9 Å². The number of amides is 1. The summed E-state index contributed by atoms with van der Waals surface area (Å²) in [6.45, 7) is 0.223. The molecule has 0 spiro atoms. The zero-order valence-corrected chi connectivity index (χ0v) is 17.4. The lowest BCUT2D eigenvalue weighted by Gasteiger charge is -2.16. The van der Waals surface area contributed by atoms with Crippen molar-refractivity contribution in [1.82, 2.24) is 15.0 Å². The Balaban J connectivity index is 1.45. The number of benzene rings is 2. The van der Waals surface area contributed by atoms with Crippen molar-refractivity contribution < 1.29 is 19.0 Å². The van der Waals surface area contributed by atoms with Gasteiger partial charge in [-0.3, -0.25) is 4.79 Å². The Morgan fingerprint density at radius 3 is 2.91 bits per heavy atom. The van der Waals surface area contributed by atoms with Gasteiger partial charge in [0.05, 0.1) is 29.6 Å². The molecule has 32 heavy (non-hydrogen) atoms. The van der Waals surface area contributed by atoms with E-state index in [1.807, 2.05) is 48.3 Å². The molecule has 4 aromatic rings. The molecule has 4 heterocycles. The van der Waals surface area contributed by atoms with E-state index in [2.05, 4.69) is 15.3 Å². The Morgan fingerprint density at radius 1 is 1.16 bits per heavy atom. The van der Waals surface area contributed by atoms with E-state index in [-0.39, 0.29) is 12.7 Å². The maximum atomic E-state index is 12.8. The highest BCUT2D eigenvalue weighted by molar-refractivity contribution is 6.37. The number of aromatic amines is 2. The van der Waals surface area contributed by atoms with Gasteiger partial charge in [0.25, 0.3) is 5.91 Å². The molecule has 0 radical (unpaired) electrons. The van der Waals surface area contributed by atoms with Crippen molar-refractivity contribution in [3.63, 3.8) is 0 Å². The first-order valence-corrected chi connectivity index (χ1v) is 10.0. The van der Waals surface area contributed by atoms with Crippen molar-refractivity contribution in [3.05, 3.63) is 53.9 Å². The summed E-state index contributed by atoms with van der Waals surface area (Å²) in [6.07, 6.45) is 3.56. The third-order valence-corrected chi connectivity index (χ3v) is 5.71. The van der Waals surface area contributed by atoms with Gasteiger partial charge in [0.1, 0.15) is 11.3 Å². The second kappa shape index (κ2) is 6.81. The number of H-pyrrole nitrogens is 2. The number of nitrogens with zero attached hydrogens (tertiary/aromatic N) is 2. The summed E-state index contributed by atoms with van der Waals surface area (Å²) < 4.78 is 16.3. The number of nitrogens with one attached hydrogen (secondary N) is 3. The Morgan fingerprint density at radius 2 is 2.03 bits per heavy atom. The zero-order chi connectivity index (χ0) is 21.8. The van der Waals surface area contributed by atoms with Gasteiger partial charge in [-0.1, -0.05) is 0 Å². The van der Waals surface area contributed by atoms with Crippen LogP contribution >= 0.6 is 0 Å². The van der Waals surface area contributed by atoms with E-state index in [4.69, 9.17) is 19.2 Å². The average molecular weight is 429 g/mol. The van der Waals surface area contributed by atoms with Crippen LogP contribution in [0.15, 0.2) is 42.6 Å². The lowest BCUT2D eigenvalue weighted by Crippen LogP contribution is -2.10. The fourth-order valence-electron chi connectivity index (χ4n) is 4.06. The van der Waals surface area contributed by atoms with E-state index in [1.54, 1.807) is 19.4 Å². The van der Waals surface area contributed by atoms with E-state index < -0.39 is 0 Å². The molecule has 1 amide bonds. The molecule has 3 N–H and O–H groups in total. The van der Waals surface area contributed by atoms with Crippen LogP contribution in [0.5, 0.6) is 17.2 Å². The summed E-state index contributed by atoms with van der Waals surface area (Å²) in [5.74, 6) is 2.55. The van der Waals surface area contributed by atoms with Gasteiger partial charge < -0.3 is 34.4 Å². The molecule has 6 rings (SSSR count). The fourth-order valence-corrected chi connectivity index (χ4v) is 4.06. The fraction of sp³-hybridized carbons (Fsp3) is 0.130. The number of hydrogen-bond acceptors (Lipinski definition) is 6. The average Bonchev–Trinajstić information content (AvgIpc) is 3.58. The van der Waals surface area contributed by atoms with Crippen LogP contribution in [0.1, 0.15) is 11.3 Å². The maximum Gasteiger partial charge on any atom is 0.256 e. The highest BCUT2D eigenvalue weighted by Gasteiger charge is 2.29. The zero-order valence-electron chi connectivity index (χ0n) is 17.4. The Bertz CT molecular complexity index is 1420. The Kier molecular flexibility index (Phi) is 3.91. The molecule has 9 heteroatoms. The van der Waals surface area contributed by atoms with E-state index in [0.29, 0.717) is 28.5 Å². The molecule has 0 fully saturated rings. The van der Waals surface area contributed by atoms with Gasteiger partial charge in [0.2, 0.25) is 12.7 Å². The second-order valence-electron chi connectivity index (χ2n) is 7.51. The van der Waals surface area contributed by atoms with E-state index in [1.165, 1.54) is 0 Å². The number of fused-ring (bicyclic) bond motifs is 4. The molecule has 0 unspecified atom stereocenters. The summed E-state index contributed by atoms with van der Waals surface area (Å²) in [7, 11) is 3.51. The minimum Gasteiger partial charge on any atom is -0.495 e. The number of hydrogen-bond donors (Lipinski definition) is 3. The number of anilines is 3. The number of methoxy groups -OCH3 is 1. The molecule has 2 aliphatic heterocycles. The third-order valence-electron chi connectivity index (χ3n) is 5.71. The quantitative estimate of drug-likeness (QED) is 0.425. The van der Waals surface area contributed by atoms with Crippen molar-refractivity contribution in [2.45, 2.75) is 0 Å². The van der Waals surface area contributed by atoms with Gasteiger partial charge in [0.15, 0.2) is 11.5 Å². The first-order valence-electron chi connectivity index (χ1n) is 10.0. The lowest BCUT2D eigenvalue weighted by atomic mass is 10.0. The Hall–Kier alpha value is -4.40. The largest absolute Gasteiger partial charge is 0.495 e. The molecule has 0 atom stereocenters. The molecule has 0 saturated heterocycles. The first kappa shape index (κ1) is 18.4. The third kappa shape index (κ3) is 2.71. The van der Waals surface area contributed by atoms with Crippen molar-refractivity contribution >= 4 is 45.9 Å². The van der Waals surface area contributed by atoms with Crippen LogP contribution in [0.25, 0.3) is 22.7 Å². The summed E-state index contributed by atoms with van der Waals surface area (Å²) >= 11 is 0. The summed E-state index contributed by atoms with van der Waals surface area (Å²) in [6, 6.07) is 11.3. The number of aromatic nitrogens is 3. The standard InChI is InChI=1S/C23H19N5O4/c1-28(12-3-6-18-19(9-12)32-11-31-18)23-26-15-5-4-14-20(21(15)27-23)13(22(29)25-14)10-16-17(30-2)7-8-24-16/h3-10,24H,11H2,1-2H3,(H,25,29)(H,26,27)/b13-10+.